The van der Waals surface area contributed by atoms with Crippen molar-refractivity contribution in [2.75, 3.05) is 0 Å². The molecule has 1 atom stereocenters. The second-order valence-corrected chi connectivity index (χ2v) is 4.54. The maximum absolute atomic E-state index is 13.1. The first kappa shape index (κ1) is 13.6. The maximum Gasteiger partial charge on any atom is 0.194 e. The molecule has 0 saturated carbocycles. The minimum Gasteiger partial charge on any atom is -0.384 e. The molecule has 1 nitrogen and oxygen atoms in total. The molecular formula is C15H13F3O. The lowest BCUT2D eigenvalue weighted by molar-refractivity contribution is 0.218. The number of rotatable bonds is 2. The second-order valence-electron chi connectivity index (χ2n) is 4.54. The van der Waals surface area contributed by atoms with Crippen LogP contribution in [0.3, 0.4) is 0 Å². The van der Waals surface area contributed by atoms with Gasteiger partial charge >= 0.3 is 0 Å². The molecular weight excluding hydrogens is 253 g/mol. The van der Waals surface area contributed by atoms with Gasteiger partial charge in [-0.3, -0.25) is 0 Å². The van der Waals surface area contributed by atoms with Crippen LogP contribution in [0.15, 0.2) is 30.3 Å². The summed E-state index contributed by atoms with van der Waals surface area (Å²) in [6.07, 6.45) is -1.19. The summed E-state index contributed by atoms with van der Waals surface area (Å²) < 4.78 is 39.1. The Labute approximate surface area is 109 Å². The number of hydrogen-bond acceptors (Lipinski definition) is 1. The first-order valence-electron chi connectivity index (χ1n) is 5.80. The third kappa shape index (κ3) is 2.63. The van der Waals surface area contributed by atoms with E-state index in [-0.39, 0.29) is 5.56 Å². The molecule has 0 heterocycles. The van der Waals surface area contributed by atoms with Crippen molar-refractivity contribution in [1.82, 2.24) is 0 Å². The predicted molar refractivity (Wildman–Crippen MR) is 66.3 cm³/mol. The molecule has 0 bridgehead atoms. The molecule has 0 aliphatic heterocycles. The molecule has 0 aliphatic carbocycles. The molecule has 100 valence electrons. The Morgan fingerprint density at radius 2 is 1.42 bits per heavy atom. The van der Waals surface area contributed by atoms with Crippen LogP contribution in [0.1, 0.15) is 28.4 Å². The summed E-state index contributed by atoms with van der Waals surface area (Å²) in [4.78, 5) is 0. The van der Waals surface area contributed by atoms with Crippen molar-refractivity contribution in [3.8, 4) is 0 Å². The minimum atomic E-state index is -1.53. The van der Waals surface area contributed by atoms with Crippen molar-refractivity contribution in [2.45, 2.75) is 20.0 Å². The number of aryl methyl sites for hydroxylation is 2. The number of hydrogen-bond donors (Lipinski definition) is 1. The van der Waals surface area contributed by atoms with Crippen LogP contribution in [0.5, 0.6) is 0 Å². The summed E-state index contributed by atoms with van der Waals surface area (Å²) >= 11 is 0. The van der Waals surface area contributed by atoms with Crippen molar-refractivity contribution >= 4 is 0 Å². The Morgan fingerprint density at radius 1 is 0.842 bits per heavy atom. The molecule has 0 amide bonds. The van der Waals surface area contributed by atoms with Gasteiger partial charge in [0.25, 0.3) is 0 Å². The van der Waals surface area contributed by atoms with E-state index in [0.29, 0.717) is 5.56 Å². The highest BCUT2D eigenvalue weighted by Gasteiger charge is 2.17. The van der Waals surface area contributed by atoms with E-state index in [2.05, 4.69) is 0 Å². The van der Waals surface area contributed by atoms with Gasteiger partial charge in [0.15, 0.2) is 17.5 Å². The van der Waals surface area contributed by atoms with Gasteiger partial charge < -0.3 is 5.11 Å². The van der Waals surface area contributed by atoms with Crippen molar-refractivity contribution < 1.29 is 18.3 Å². The van der Waals surface area contributed by atoms with Crippen LogP contribution >= 0.6 is 0 Å². The van der Waals surface area contributed by atoms with Crippen LogP contribution in [-0.4, -0.2) is 5.11 Å². The van der Waals surface area contributed by atoms with E-state index in [1.54, 1.807) is 12.1 Å². The highest BCUT2D eigenvalue weighted by molar-refractivity contribution is 5.36. The van der Waals surface area contributed by atoms with E-state index in [9.17, 15) is 18.3 Å². The smallest absolute Gasteiger partial charge is 0.194 e. The molecule has 1 unspecified atom stereocenters. The number of aliphatic hydroxyl groups is 1. The van der Waals surface area contributed by atoms with Crippen LogP contribution in [0.25, 0.3) is 0 Å². The lowest BCUT2D eigenvalue weighted by atomic mass is 9.98. The van der Waals surface area contributed by atoms with Crippen LogP contribution in [0.2, 0.25) is 0 Å². The Morgan fingerprint density at radius 3 is 1.95 bits per heavy atom. The Balaban J connectivity index is 2.43. The average Bonchev–Trinajstić information content (AvgIpc) is 2.37. The Kier molecular flexibility index (Phi) is 3.62. The topological polar surface area (TPSA) is 20.2 Å². The Bertz CT molecular complexity index is 600. The Hall–Kier alpha value is -1.81. The molecule has 2 aromatic rings. The van der Waals surface area contributed by atoms with Gasteiger partial charge in [-0.15, -0.1) is 0 Å². The fourth-order valence-electron chi connectivity index (χ4n) is 1.86. The van der Waals surface area contributed by atoms with E-state index in [1.807, 2.05) is 19.9 Å². The number of aliphatic hydroxyl groups excluding tert-OH is 1. The lowest BCUT2D eigenvalue weighted by Crippen LogP contribution is -2.03. The molecule has 19 heavy (non-hydrogen) atoms. The quantitative estimate of drug-likeness (QED) is 0.820. The molecule has 0 fully saturated rings. The summed E-state index contributed by atoms with van der Waals surface area (Å²) in [7, 11) is 0. The van der Waals surface area contributed by atoms with E-state index in [1.165, 1.54) is 0 Å². The van der Waals surface area contributed by atoms with Gasteiger partial charge in [0.1, 0.15) is 6.10 Å². The molecule has 4 heteroatoms. The first-order valence-corrected chi connectivity index (χ1v) is 5.80. The molecule has 0 aromatic heterocycles. The minimum absolute atomic E-state index is 0.0142. The molecule has 2 rings (SSSR count). The average molecular weight is 266 g/mol. The highest BCUT2D eigenvalue weighted by Crippen LogP contribution is 2.26. The van der Waals surface area contributed by atoms with Crippen LogP contribution < -0.4 is 0 Å². The molecule has 0 aliphatic rings. The summed E-state index contributed by atoms with van der Waals surface area (Å²) in [6.45, 7) is 3.79. The van der Waals surface area contributed by atoms with Gasteiger partial charge in [-0.25, -0.2) is 13.2 Å². The maximum atomic E-state index is 13.1. The van der Waals surface area contributed by atoms with Crippen molar-refractivity contribution in [3.63, 3.8) is 0 Å². The molecule has 1 N–H and O–H groups in total. The predicted octanol–water partition coefficient (Wildman–Crippen LogP) is 3.80. The van der Waals surface area contributed by atoms with E-state index in [0.717, 1.165) is 23.3 Å². The second kappa shape index (κ2) is 5.05. The first-order chi connectivity index (χ1) is 8.90. The van der Waals surface area contributed by atoms with Gasteiger partial charge in [0.2, 0.25) is 0 Å². The van der Waals surface area contributed by atoms with Gasteiger partial charge in [0.05, 0.1) is 0 Å². The summed E-state index contributed by atoms with van der Waals surface area (Å²) in [5, 5.41) is 10.1. The molecule has 0 radical (unpaired) electrons. The van der Waals surface area contributed by atoms with E-state index < -0.39 is 23.6 Å². The standard InChI is InChI=1S/C15H13F3O/c1-8-3-4-10(5-9(8)2)15(19)11-6-12(16)14(18)13(17)7-11/h3-7,15,19H,1-2H3. The fraction of sp³-hybridized carbons (Fsp3) is 0.200. The monoisotopic (exact) mass is 266 g/mol. The lowest BCUT2D eigenvalue weighted by Gasteiger charge is -2.13. The van der Waals surface area contributed by atoms with Crippen LogP contribution in [0.4, 0.5) is 13.2 Å². The van der Waals surface area contributed by atoms with E-state index >= 15 is 0 Å². The summed E-state index contributed by atoms with van der Waals surface area (Å²) in [5.74, 6) is -4.15. The van der Waals surface area contributed by atoms with E-state index in [4.69, 9.17) is 0 Å². The number of halogens is 3. The molecule has 0 spiro atoms. The van der Waals surface area contributed by atoms with Crippen molar-refractivity contribution in [1.29, 1.82) is 0 Å². The SMILES string of the molecule is Cc1ccc(C(O)c2cc(F)c(F)c(F)c2)cc1C. The number of benzene rings is 2. The third-order valence-electron chi connectivity index (χ3n) is 3.17. The highest BCUT2D eigenvalue weighted by atomic mass is 19.2. The van der Waals surface area contributed by atoms with Gasteiger partial charge in [-0.2, -0.15) is 0 Å². The van der Waals surface area contributed by atoms with Gasteiger partial charge in [-0.1, -0.05) is 18.2 Å². The largest absolute Gasteiger partial charge is 0.384 e. The normalized spacial score (nSPS) is 12.5. The zero-order valence-corrected chi connectivity index (χ0v) is 10.5. The molecule has 2 aromatic carbocycles. The zero-order valence-electron chi connectivity index (χ0n) is 10.5. The van der Waals surface area contributed by atoms with Crippen LogP contribution in [-0.2, 0) is 0 Å². The fourth-order valence-corrected chi connectivity index (χ4v) is 1.86. The van der Waals surface area contributed by atoms with Gasteiger partial charge in [0, 0.05) is 0 Å². The molecule has 0 saturated heterocycles. The van der Waals surface area contributed by atoms with Crippen LogP contribution in [0, 0.1) is 31.3 Å². The van der Waals surface area contributed by atoms with Gasteiger partial charge in [-0.05, 0) is 48.2 Å². The zero-order chi connectivity index (χ0) is 14.2. The summed E-state index contributed by atoms with van der Waals surface area (Å²) in [6, 6.07) is 6.83. The van der Waals surface area contributed by atoms with Crippen molar-refractivity contribution in [2.24, 2.45) is 0 Å². The summed E-state index contributed by atoms with van der Waals surface area (Å²) in [5.41, 5.74) is 2.50. The van der Waals surface area contributed by atoms with Crippen molar-refractivity contribution in [3.05, 3.63) is 70.0 Å². The third-order valence-corrected chi connectivity index (χ3v) is 3.17.